The van der Waals surface area contributed by atoms with E-state index in [1.54, 1.807) is 0 Å². The molecule has 14 nitrogen and oxygen atoms in total. The molecule has 10 unspecified atom stereocenters. The highest BCUT2D eigenvalue weighted by Crippen LogP contribution is 2.70. The fourth-order valence-corrected chi connectivity index (χ4v) is 12.5. The lowest BCUT2D eigenvalue weighted by Gasteiger charge is -2.66. The molecule has 53 heavy (non-hydrogen) atoms. The van der Waals surface area contributed by atoms with Gasteiger partial charge < -0.3 is 69.3 Å². The summed E-state index contributed by atoms with van der Waals surface area (Å²) in [5.41, 5.74) is -2.26. The Morgan fingerprint density at radius 2 is 1.49 bits per heavy atom. The molecular formula is C39H68O14. The molecule has 0 radical (unpaired) electrons. The van der Waals surface area contributed by atoms with Crippen LogP contribution in [0.15, 0.2) is 0 Å². The van der Waals surface area contributed by atoms with Crippen LogP contribution in [0.3, 0.4) is 0 Å². The molecule has 6 fully saturated rings. The van der Waals surface area contributed by atoms with Crippen LogP contribution in [0.2, 0.25) is 0 Å². The summed E-state index contributed by atoms with van der Waals surface area (Å²) in [5.74, 6) is -0.891. The largest absolute Gasteiger partial charge is 0.394 e. The van der Waals surface area contributed by atoms with Gasteiger partial charge in [0.05, 0.1) is 49.3 Å². The van der Waals surface area contributed by atoms with Gasteiger partial charge in [-0.2, -0.15) is 0 Å². The second kappa shape index (κ2) is 16.0. The number of hydrogen-bond acceptors (Lipinski definition) is 14. The molecule has 2 heterocycles. The first-order chi connectivity index (χ1) is 25.0. The molecule has 0 aromatic rings. The number of ether oxygens (including phenoxy) is 6. The maximum atomic E-state index is 12.7. The monoisotopic (exact) mass is 760 g/mol. The average Bonchev–Trinajstić information content (AvgIpc) is 3.55. The van der Waals surface area contributed by atoms with Crippen LogP contribution in [0.4, 0.5) is 0 Å². The van der Waals surface area contributed by atoms with E-state index in [1.165, 1.54) is 14.2 Å². The summed E-state index contributed by atoms with van der Waals surface area (Å²) < 4.78 is 35.4. The Hall–Kier alpha value is -0.560. The summed E-state index contributed by atoms with van der Waals surface area (Å²) in [6, 6.07) is 0. The molecule has 4 saturated carbocycles. The minimum atomic E-state index is -1.31. The predicted octanol–water partition coefficient (Wildman–Crippen LogP) is 0.702. The molecule has 21 atom stereocenters. The Labute approximate surface area is 314 Å². The molecule has 2 aliphatic heterocycles. The molecule has 8 N–H and O–H groups in total. The smallest absolute Gasteiger partial charge is 0.187 e. The molecule has 2 saturated heterocycles. The lowest BCUT2D eigenvalue weighted by atomic mass is 9.41. The third-order valence-electron chi connectivity index (χ3n) is 15.2. The van der Waals surface area contributed by atoms with Crippen molar-refractivity contribution < 1.29 is 69.3 Å². The highest BCUT2D eigenvalue weighted by molar-refractivity contribution is 5.21. The number of aliphatic hydroxyl groups is 8. The third kappa shape index (κ3) is 7.17. The Morgan fingerprint density at radius 1 is 0.792 bits per heavy atom. The van der Waals surface area contributed by atoms with E-state index in [1.807, 2.05) is 20.8 Å². The lowest BCUT2D eigenvalue weighted by molar-refractivity contribution is -0.313. The Kier molecular flexibility index (Phi) is 12.7. The maximum absolute atomic E-state index is 12.7. The quantitative estimate of drug-likeness (QED) is 0.138. The van der Waals surface area contributed by atoms with Crippen molar-refractivity contribution in [3.63, 3.8) is 0 Å². The van der Waals surface area contributed by atoms with E-state index >= 15 is 0 Å². The van der Waals surface area contributed by atoms with Crippen molar-refractivity contribution in [1.29, 1.82) is 0 Å². The molecule has 0 spiro atoms. The summed E-state index contributed by atoms with van der Waals surface area (Å²) in [6.07, 6.45) is -7.34. The molecule has 0 aromatic carbocycles. The molecule has 14 heteroatoms. The maximum Gasteiger partial charge on any atom is 0.187 e. The van der Waals surface area contributed by atoms with Crippen molar-refractivity contribution in [3.05, 3.63) is 0 Å². The third-order valence-corrected chi connectivity index (χ3v) is 15.2. The van der Waals surface area contributed by atoms with E-state index < -0.39 is 103 Å². The highest BCUT2D eigenvalue weighted by Gasteiger charge is 2.71. The van der Waals surface area contributed by atoms with Crippen LogP contribution in [0.1, 0.15) is 86.0 Å². The number of aliphatic hydroxyl groups excluding tert-OH is 7. The van der Waals surface area contributed by atoms with Gasteiger partial charge in [-0.05, 0) is 79.4 Å². The lowest BCUT2D eigenvalue weighted by Crippen LogP contribution is -2.70. The van der Waals surface area contributed by atoms with Gasteiger partial charge in [0.2, 0.25) is 0 Å². The minimum absolute atomic E-state index is 0.0501. The highest BCUT2D eigenvalue weighted by atomic mass is 16.8. The minimum Gasteiger partial charge on any atom is -0.394 e. The van der Waals surface area contributed by atoms with E-state index in [2.05, 4.69) is 13.8 Å². The molecule has 0 bridgehead atoms. The fourth-order valence-electron chi connectivity index (χ4n) is 12.5. The van der Waals surface area contributed by atoms with Crippen LogP contribution in [0.5, 0.6) is 0 Å². The van der Waals surface area contributed by atoms with Crippen molar-refractivity contribution in [2.75, 3.05) is 27.4 Å². The SMILES string of the molecule is COC1C(O)[C@H](OC)CO[C@H]1OC1[C@H](O[C@@H](CCC(C)C2C[C@@H](O)C3[C@]2(C)CCC2[C@@]4(C)CC[C@H](O)[C@H](O)C4C(O)C[C@]23O)C(C)C)OC(CO)[C@@H]1O. The fraction of sp³-hybridized carbons (Fsp3) is 1.00. The molecule has 4 aliphatic carbocycles. The summed E-state index contributed by atoms with van der Waals surface area (Å²) in [7, 11) is 2.89. The van der Waals surface area contributed by atoms with Gasteiger partial charge in [-0.15, -0.1) is 0 Å². The van der Waals surface area contributed by atoms with Crippen molar-refractivity contribution in [2.24, 2.45) is 46.3 Å². The van der Waals surface area contributed by atoms with Crippen molar-refractivity contribution in [3.8, 4) is 0 Å². The van der Waals surface area contributed by atoms with Gasteiger partial charge in [-0.1, -0.05) is 34.6 Å². The van der Waals surface area contributed by atoms with Gasteiger partial charge in [0.25, 0.3) is 0 Å². The van der Waals surface area contributed by atoms with E-state index in [4.69, 9.17) is 28.4 Å². The Bertz CT molecular complexity index is 1230. The summed E-state index contributed by atoms with van der Waals surface area (Å²) >= 11 is 0. The van der Waals surface area contributed by atoms with Gasteiger partial charge in [-0.25, -0.2) is 0 Å². The van der Waals surface area contributed by atoms with E-state index in [0.717, 1.165) is 12.8 Å². The number of hydrogen-bond donors (Lipinski definition) is 8. The van der Waals surface area contributed by atoms with E-state index in [-0.39, 0.29) is 48.2 Å². The first-order valence-electron chi connectivity index (χ1n) is 20.0. The number of methoxy groups -OCH3 is 2. The zero-order chi connectivity index (χ0) is 38.8. The topological polar surface area (TPSA) is 217 Å². The molecule has 0 amide bonds. The van der Waals surface area contributed by atoms with Gasteiger partial charge in [0.15, 0.2) is 12.6 Å². The number of rotatable bonds is 12. The predicted molar refractivity (Wildman–Crippen MR) is 189 cm³/mol. The van der Waals surface area contributed by atoms with Gasteiger partial charge in [0.1, 0.15) is 36.6 Å². The van der Waals surface area contributed by atoms with Crippen molar-refractivity contribution in [1.82, 2.24) is 0 Å². The second-order valence-corrected chi connectivity index (χ2v) is 18.3. The molecule has 0 aromatic heterocycles. The first kappa shape index (κ1) is 42.1. The van der Waals surface area contributed by atoms with E-state index in [0.29, 0.717) is 32.1 Å². The van der Waals surface area contributed by atoms with E-state index in [9.17, 15) is 40.9 Å². The van der Waals surface area contributed by atoms with Crippen LogP contribution in [-0.4, -0.2) is 154 Å². The van der Waals surface area contributed by atoms with Crippen LogP contribution in [0, 0.1) is 46.3 Å². The van der Waals surface area contributed by atoms with Crippen molar-refractivity contribution >= 4 is 0 Å². The van der Waals surface area contributed by atoms with Crippen LogP contribution >= 0.6 is 0 Å². The molecule has 308 valence electrons. The summed E-state index contributed by atoms with van der Waals surface area (Å²) in [4.78, 5) is 0. The normalized spacial score (nSPS) is 52.5. The first-order valence-corrected chi connectivity index (χ1v) is 20.0. The summed E-state index contributed by atoms with van der Waals surface area (Å²) in [5, 5.41) is 89.2. The standard InChI is InChI=1S/C39H68O14/c1-18(2)24(51-36-33(30(45)25(16-40)52-36)53-35-32(49-7)31(46)26(48-6)17-50-35)9-8-19(3)20-14-22(42)34-37(20,4)13-11-27-38(5)12-10-21(41)29(44)28(38)23(43)15-39(27,34)47/h18-36,40-47H,8-17H2,1-7H3/t19?,20?,21-,22+,23?,24-,25?,26+,27?,28?,29-,30-,31?,32?,33?,34?,35-,36+,37+,38+,39-/m0/s1. The van der Waals surface area contributed by atoms with Crippen LogP contribution in [0.25, 0.3) is 0 Å². The van der Waals surface area contributed by atoms with Gasteiger partial charge in [-0.3, -0.25) is 0 Å². The molecule has 6 aliphatic rings. The molecule has 6 rings (SSSR count). The zero-order valence-corrected chi connectivity index (χ0v) is 32.6. The Morgan fingerprint density at radius 3 is 2.13 bits per heavy atom. The van der Waals surface area contributed by atoms with Crippen LogP contribution < -0.4 is 0 Å². The van der Waals surface area contributed by atoms with Gasteiger partial charge in [0, 0.05) is 32.5 Å². The van der Waals surface area contributed by atoms with Crippen LogP contribution in [-0.2, 0) is 28.4 Å². The molecular weight excluding hydrogens is 692 g/mol. The number of fused-ring (bicyclic) bond motifs is 5. The zero-order valence-electron chi connectivity index (χ0n) is 32.6. The average molecular weight is 761 g/mol. The Balaban J connectivity index is 1.14. The summed E-state index contributed by atoms with van der Waals surface area (Å²) in [6.45, 7) is 10.1. The van der Waals surface area contributed by atoms with Crippen molar-refractivity contribution in [2.45, 2.75) is 171 Å². The van der Waals surface area contributed by atoms with Gasteiger partial charge >= 0.3 is 0 Å². The second-order valence-electron chi connectivity index (χ2n) is 18.3.